The maximum absolute atomic E-state index is 12.0. The molecule has 5 heteroatoms. The van der Waals surface area contributed by atoms with Gasteiger partial charge < -0.3 is 5.32 Å². The Morgan fingerprint density at radius 1 is 1.44 bits per heavy atom. The number of halogens is 1. The van der Waals surface area contributed by atoms with Gasteiger partial charge in [-0.15, -0.1) is 11.3 Å². The molecule has 0 saturated carbocycles. The monoisotopic (exact) mass is 320 g/mol. The Balaban J connectivity index is 2.23. The van der Waals surface area contributed by atoms with E-state index in [1.165, 1.54) is 11.3 Å². The number of anilines is 1. The van der Waals surface area contributed by atoms with Gasteiger partial charge in [0.05, 0.1) is 5.56 Å². The van der Waals surface area contributed by atoms with E-state index in [1.54, 1.807) is 23.6 Å². The Kier molecular flexibility index (Phi) is 3.80. The third kappa shape index (κ3) is 2.61. The van der Waals surface area contributed by atoms with Crippen LogP contribution in [-0.4, -0.2) is 5.91 Å². The predicted molar refractivity (Wildman–Crippen MR) is 75.9 cm³/mol. The van der Waals surface area contributed by atoms with Crippen LogP contribution in [-0.2, 0) is 0 Å². The highest BCUT2D eigenvalue weighted by atomic mass is 79.9. The van der Waals surface area contributed by atoms with E-state index in [0.717, 1.165) is 10.0 Å². The Morgan fingerprint density at radius 3 is 2.89 bits per heavy atom. The largest absolute Gasteiger partial charge is 0.312 e. The number of nitrogens with one attached hydrogen (secondary N) is 1. The van der Waals surface area contributed by atoms with Crippen LogP contribution < -0.4 is 5.32 Å². The molecule has 0 atom stereocenters. The summed E-state index contributed by atoms with van der Waals surface area (Å²) in [5.74, 6) is -0.213. The number of amides is 1. The van der Waals surface area contributed by atoms with Crippen molar-refractivity contribution >= 4 is 38.2 Å². The number of benzene rings is 1. The zero-order valence-corrected chi connectivity index (χ0v) is 11.9. The van der Waals surface area contributed by atoms with Gasteiger partial charge in [0.15, 0.2) is 0 Å². The van der Waals surface area contributed by atoms with Gasteiger partial charge in [0.25, 0.3) is 5.91 Å². The van der Waals surface area contributed by atoms with E-state index in [4.69, 9.17) is 5.26 Å². The van der Waals surface area contributed by atoms with E-state index >= 15 is 0 Å². The summed E-state index contributed by atoms with van der Waals surface area (Å²) in [6.07, 6.45) is 0. The molecule has 0 saturated heterocycles. The maximum atomic E-state index is 12.0. The lowest BCUT2D eigenvalue weighted by Crippen LogP contribution is -2.11. The molecule has 2 aromatic rings. The van der Waals surface area contributed by atoms with Gasteiger partial charge in [-0.3, -0.25) is 4.79 Å². The number of carbonyl (C=O) groups is 1. The minimum Gasteiger partial charge on any atom is -0.312 e. The standard InChI is InChI=1S/C13H9BrN2OS/c1-8-2-3-9(6-11(8)14)12(17)16-13-10(7-15)4-5-18-13/h2-6H,1H3,(H,16,17). The van der Waals surface area contributed by atoms with E-state index in [9.17, 15) is 4.79 Å². The summed E-state index contributed by atoms with van der Waals surface area (Å²) >= 11 is 4.73. The molecule has 1 N–H and O–H groups in total. The molecule has 0 aliphatic rings. The second kappa shape index (κ2) is 5.34. The number of nitrogens with zero attached hydrogens (tertiary/aromatic N) is 1. The first kappa shape index (κ1) is 12.8. The fourth-order valence-electron chi connectivity index (χ4n) is 1.40. The molecule has 0 fully saturated rings. The zero-order valence-electron chi connectivity index (χ0n) is 9.53. The molecule has 0 radical (unpaired) electrons. The molecular weight excluding hydrogens is 312 g/mol. The summed E-state index contributed by atoms with van der Waals surface area (Å²) < 4.78 is 0.891. The summed E-state index contributed by atoms with van der Waals surface area (Å²) in [6, 6.07) is 9.13. The van der Waals surface area contributed by atoms with Crippen LogP contribution in [0.5, 0.6) is 0 Å². The second-order valence-electron chi connectivity index (χ2n) is 3.69. The summed E-state index contributed by atoms with van der Waals surface area (Å²) in [7, 11) is 0. The second-order valence-corrected chi connectivity index (χ2v) is 5.46. The average Bonchev–Trinajstić information content (AvgIpc) is 2.79. The van der Waals surface area contributed by atoms with Crippen molar-refractivity contribution in [3.05, 3.63) is 50.8 Å². The van der Waals surface area contributed by atoms with Gasteiger partial charge in [-0.1, -0.05) is 22.0 Å². The highest BCUT2D eigenvalue weighted by Gasteiger charge is 2.11. The van der Waals surface area contributed by atoms with Crippen LogP contribution in [0.15, 0.2) is 34.1 Å². The highest BCUT2D eigenvalue weighted by molar-refractivity contribution is 9.10. The lowest BCUT2D eigenvalue weighted by Gasteiger charge is -2.05. The molecule has 1 aromatic heterocycles. The molecule has 90 valence electrons. The molecule has 0 spiro atoms. The summed E-state index contributed by atoms with van der Waals surface area (Å²) in [5, 5.41) is 14.0. The fourth-order valence-corrected chi connectivity index (χ4v) is 2.51. The van der Waals surface area contributed by atoms with Gasteiger partial charge in [-0.05, 0) is 36.1 Å². The van der Waals surface area contributed by atoms with Gasteiger partial charge >= 0.3 is 0 Å². The van der Waals surface area contributed by atoms with Crippen molar-refractivity contribution in [3.63, 3.8) is 0 Å². The number of aryl methyl sites for hydroxylation is 1. The van der Waals surface area contributed by atoms with Crippen LogP contribution in [0, 0.1) is 18.3 Å². The molecule has 1 heterocycles. The third-order valence-electron chi connectivity index (χ3n) is 2.45. The first-order chi connectivity index (χ1) is 8.61. The van der Waals surface area contributed by atoms with E-state index in [0.29, 0.717) is 16.1 Å². The molecule has 2 rings (SSSR count). The van der Waals surface area contributed by atoms with Gasteiger partial charge in [-0.25, -0.2) is 0 Å². The van der Waals surface area contributed by atoms with Crippen molar-refractivity contribution in [2.45, 2.75) is 6.92 Å². The first-order valence-electron chi connectivity index (χ1n) is 5.17. The topological polar surface area (TPSA) is 52.9 Å². The lowest BCUT2D eigenvalue weighted by molar-refractivity contribution is 0.102. The lowest BCUT2D eigenvalue weighted by atomic mass is 10.1. The van der Waals surface area contributed by atoms with Crippen molar-refractivity contribution < 1.29 is 4.79 Å². The third-order valence-corrected chi connectivity index (χ3v) is 4.13. The normalized spacial score (nSPS) is 9.83. The fraction of sp³-hybridized carbons (Fsp3) is 0.0769. The van der Waals surface area contributed by atoms with Crippen molar-refractivity contribution in [2.75, 3.05) is 5.32 Å². The molecule has 1 aromatic carbocycles. The summed E-state index contributed by atoms with van der Waals surface area (Å²) in [6.45, 7) is 1.96. The number of rotatable bonds is 2. The van der Waals surface area contributed by atoms with Crippen molar-refractivity contribution in [2.24, 2.45) is 0 Å². The van der Waals surface area contributed by atoms with Crippen LogP contribution in [0.2, 0.25) is 0 Å². The van der Waals surface area contributed by atoms with Crippen LogP contribution in [0.4, 0.5) is 5.00 Å². The van der Waals surface area contributed by atoms with Crippen LogP contribution in [0.25, 0.3) is 0 Å². The molecule has 0 bridgehead atoms. The van der Waals surface area contributed by atoms with Gasteiger partial charge in [0.2, 0.25) is 0 Å². The number of carbonyl (C=O) groups excluding carboxylic acids is 1. The Bertz CT molecular complexity index is 643. The van der Waals surface area contributed by atoms with Crippen LogP contribution >= 0.6 is 27.3 Å². The Labute approximate surface area is 117 Å². The van der Waals surface area contributed by atoms with Gasteiger partial charge in [0.1, 0.15) is 11.1 Å². The average molecular weight is 321 g/mol. The zero-order chi connectivity index (χ0) is 13.1. The SMILES string of the molecule is Cc1ccc(C(=O)Nc2sccc2C#N)cc1Br. The Hall–Kier alpha value is -1.64. The predicted octanol–water partition coefficient (Wildman–Crippen LogP) is 3.94. The van der Waals surface area contributed by atoms with E-state index in [1.807, 2.05) is 19.1 Å². The quantitative estimate of drug-likeness (QED) is 0.911. The van der Waals surface area contributed by atoms with E-state index in [-0.39, 0.29) is 5.91 Å². The number of hydrogen-bond acceptors (Lipinski definition) is 3. The maximum Gasteiger partial charge on any atom is 0.256 e. The number of nitriles is 1. The smallest absolute Gasteiger partial charge is 0.256 e. The molecule has 0 unspecified atom stereocenters. The first-order valence-corrected chi connectivity index (χ1v) is 6.84. The van der Waals surface area contributed by atoms with Gasteiger partial charge in [0, 0.05) is 10.0 Å². The summed E-state index contributed by atoms with van der Waals surface area (Å²) in [5.41, 5.74) is 2.12. The van der Waals surface area contributed by atoms with Crippen LogP contribution in [0.1, 0.15) is 21.5 Å². The molecular formula is C13H9BrN2OS. The van der Waals surface area contributed by atoms with Crippen molar-refractivity contribution in [1.82, 2.24) is 0 Å². The molecule has 0 aliphatic carbocycles. The van der Waals surface area contributed by atoms with E-state index in [2.05, 4.69) is 21.2 Å². The number of hydrogen-bond donors (Lipinski definition) is 1. The minimum atomic E-state index is -0.213. The molecule has 3 nitrogen and oxygen atoms in total. The minimum absolute atomic E-state index is 0.213. The molecule has 18 heavy (non-hydrogen) atoms. The molecule has 0 aliphatic heterocycles. The summed E-state index contributed by atoms with van der Waals surface area (Å²) in [4.78, 5) is 12.0. The van der Waals surface area contributed by atoms with Crippen molar-refractivity contribution in [1.29, 1.82) is 5.26 Å². The molecule has 1 amide bonds. The van der Waals surface area contributed by atoms with Crippen molar-refractivity contribution in [3.8, 4) is 6.07 Å². The number of thiophene rings is 1. The van der Waals surface area contributed by atoms with Gasteiger partial charge in [-0.2, -0.15) is 5.26 Å². The Morgan fingerprint density at radius 2 is 2.22 bits per heavy atom. The van der Waals surface area contributed by atoms with E-state index < -0.39 is 0 Å². The highest BCUT2D eigenvalue weighted by Crippen LogP contribution is 2.24. The van der Waals surface area contributed by atoms with Crippen LogP contribution in [0.3, 0.4) is 0 Å².